The predicted octanol–water partition coefficient (Wildman–Crippen LogP) is 1.37. The molecule has 0 spiro atoms. The lowest BCUT2D eigenvalue weighted by molar-refractivity contribution is -0.143. The molecular formula is C10H14ClNO3. The number of methoxy groups -OCH3 is 1. The van der Waals surface area contributed by atoms with E-state index < -0.39 is 0 Å². The van der Waals surface area contributed by atoms with Gasteiger partial charge in [0.2, 0.25) is 0 Å². The molecule has 1 aliphatic heterocycles. The van der Waals surface area contributed by atoms with Crippen LogP contribution in [-0.2, 0) is 16.0 Å². The zero-order valence-corrected chi connectivity index (χ0v) is 9.52. The van der Waals surface area contributed by atoms with Crippen molar-refractivity contribution in [2.24, 2.45) is 0 Å². The largest absolute Gasteiger partial charge is 0.468 e. The first-order valence-corrected chi connectivity index (χ1v) is 4.63. The molecule has 0 fully saturated rings. The van der Waals surface area contributed by atoms with Gasteiger partial charge in [0.15, 0.2) is 0 Å². The molecule has 0 saturated heterocycles. The van der Waals surface area contributed by atoms with Crippen molar-refractivity contribution in [2.45, 2.75) is 19.4 Å². The van der Waals surface area contributed by atoms with Crippen LogP contribution in [0.3, 0.4) is 0 Å². The molecule has 0 saturated carbocycles. The highest BCUT2D eigenvalue weighted by Gasteiger charge is 2.29. The summed E-state index contributed by atoms with van der Waals surface area (Å²) in [5.41, 5.74) is 0.917. The Labute approximate surface area is 94.4 Å². The first-order chi connectivity index (χ1) is 6.72. The van der Waals surface area contributed by atoms with Crippen LogP contribution in [-0.4, -0.2) is 19.6 Å². The van der Waals surface area contributed by atoms with Gasteiger partial charge >= 0.3 is 5.97 Å². The van der Waals surface area contributed by atoms with Gasteiger partial charge in [-0.2, -0.15) is 0 Å². The summed E-state index contributed by atoms with van der Waals surface area (Å²) in [5, 5.41) is 3.10. The van der Waals surface area contributed by atoms with Crippen LogP contribution in [0.15, 0.2) is 10.5 Å². The molecule has 15 heavy (non-hydrogen) atoms. The maximum atomic E-state index is 11.4. The number of carbonyl (C=O) groups excluding carboxylic acids is 1. The number of halogens is 1. The standard InChI is InChI=1S/C10H13NO3.ClH/c1-6-5-7-8(14-6)3-4-11-9(7)10(12)13-2;/h5,9,11H,3-4H2,1-2H3;1H. The topological polar surface area (TPSA) is 51.5 Å². The summed E-state index contributed by atoms with van der Waals surface area (Å²) in [6, 6.07) is 1.53. The first-order valence-electron chi connectivity index (χ1n) is 4.63. The molecular weight excluding hydrogens is 218 g/mol. The third-order valence-corrected chi connectivity index (χ3v) is 2.41. The number of aryl methyl sites for hydroxylation is 1. The minimum atomic E-state index is -0.360. The van der Waals surface area contributed by atoms with Crippen LogP contribution in [0.2, 0.25) is 0 Å². The van der Waals surface area contributed by atoms with E-state index in [2.05, 4.69) is 5.32 Å². The molecule has 0 radical (unpaired) electrons. The van der Waals surface area contributed by atoms with Gasteiger partial charge in [-0.15, -0.1) is 12.4 Å². The van der Waals surface area contributed by atoms with Crippen molar-refractivity contribution in [1.82, 2.24) is 5.32 Å². The normalized spacial score (nSPS) is 18.9. The van der Waals surface area contributed by atoms with Crippen molar-refractivity contribution in [2.75, 3.05) is 13.7 Å². The van der Waals surface area contributed by atoms with Crippen molar-refractivity contribution in [3.63, 3.8) is 0 Å². The molecule has 0 bridgehead atoms. The zero-order valence-electron chi connectivity index (χ0n) is 8.70. The molecule has 84 valence electrons. The lowest BCUT2D eigenvalue weighted by Gasteiger charge is -2.20. The molecule has 0 aliphatic carbocycles. The van der Waals surface area contributed by atoms with Crippen LogP contribution < -0.4 is 5.32 Å². The Bertz CT molecular complexity index is 362. The molecule has 1 atom stereocenters. The van der Waals surface area contributed by atoms with E-state index in [4.69, 9.17) is 9.15 Å². The fraction of sp³-hybridized carbons (Fsp3) is 0.500. The third-order valence-electron chi connectivity index (χ3n) is 2.41. The predicted molar refractivity (Wildman–Crippen MR) is 57.2 cm³/mol. The van der Waals surface area contributed by atoms with E-state index in [9.17, 15) is 4.79 Å². The highest BCUT2D eigenvalue weighted by molar-refractivity contribution is 5.85. The highest BCUT2D eigenvalue weighted by Crippen LogP contribution is 2.26. The van der Waals surface area contributed by atoms with E-state index in [0.29, 0.717) is 0 Å². The summed E-state index contributed by atoms with van der Waals surface area (Å²) < 4.78 is 10.2. The summed E-state index contributed by atoms with van der Waals surface area (Å²) in [6.07, 6.45) is 0.830. The number of ether oxygens (including phenoxy) is 1. The Morgan fingerprint density at radius 2 is 2.40 bits per heavy atom. The molecule has 1 unspecified atom stereocenters. The van der Waals surface area contributed by atoms with E-state index in [1.165, 1.54) is 7.11 Å². The number of carbonyl (C=O) groups is 1. The summed E-state index contributed by atoms with van der Waals surface area (Å²) in [4.78, 5) is 11.4. The van der Waals surface area contributed by atoms with E-state index >= 15 is 0 Å². The number of hydrogen-bond donors (Lipinski definition) is 1. The van der Waals surface area contributed by atoms with Gasteiger partial charge in [-0.25, -0.2) is 4.79 Å². The van der Waals surface area contributed by atoms with Gasteiger partial charge in [-0.05, 0) is 13.0 Å². The zero-order chi connectivity index (χ0) is 10.1. The lowest BCUT2D eigenvalue weighted by Crippen LogP contribution is -2.35. The van der Waals surface area contributed by atoms with Gasteiger partial charge in [0.05, 0.1) is 7.11 Å². The van der Waals surface area contributed by atoms with E-state index in [0.717, 1.165) is 30.0 Å². The molecule has 1 aromatic rings. The van der Waals surface area contributed by atoms with Crippen LogP contribution in [0, 0.1) is 6.92 Å². The van der Waals surface area contributed by atoms with Gasteiger partial charge in [-0.1, -0.05) is 0 Å². The Balaban J connectivity index is 0.00000112. The quantitative estimate of drug-likeness (QED) is 0.742. The van der Waals surface area contributed by atoms with Gasteiger partial charge in [0, 0.05) is 18.5 Å². The smallest absolute Gasteiger partial charge is 0.327 e. The van der Waals surface area contributed by atoms with Gasteiger partial charge in [-0.3, -0.25) is 0 Å². The fourth-order valence-corrected chi connectivity index (χ4v) is 1.79. The summed E-state index contributed by atoms with van der Waals surface area (Å²) in [5.74, 6) is 1.48. The van der Waals surface area contributed by atoms with E-state index in [1.54, 1.807) is 0 Å². The molecule has 1 aromatic heterocycles. The van der Waals surface area contributed by atoms with Crippen molar-refractivity contribution in [1.29, 1.82) is 0 Å². The monoisotopic (exact) mass is 231 g/mol. The number of hydrogen-bond acceptors (Lipinski definition) is 4. The van der Waals surface area contributed by atoms with Gasteiger partial charge < -0.3 is 14.5 Å². The van der Waals surface area contributed by atoms with Crippen LogP contribution in [0.1, 0.15) is 23.1 Å². The minimum absolute atomic E-state index is 0. The second-order valence-corrected chi connectivity index (χ2v) is 3.40. The van der Waals surface area contributed by atoms with E-state index in [1.807, 2.05) is 13.0 Å². The van der Waals surface area contributed by atoms with Crippen LogP contribution in [0.4, 0.5) is 0 Å². The molecule has 2 heterocycles. The Kier molecular flexibility index (Phi) is 3.77. The SMILES string of the molecule is COC(=O)C1NCCc2oc(C)cc21.Cl. The molecule has 5 heteroatoms. The Morgan fingerprint density at radius 3 is 3.07 bits per heavy atom. The molecule has 1 N–H and O–H groups in total. The van der Waals surface area contributed by atoms with Crippen molar-refractivity contribution >= 4 is 18.4 Å². The maximum absolute atomic E-state index is 11.4. The van der Waals surface area contributed by atoms with Gasteiger partial charge in [0.25, 0.3) is 0 Å². The lowest BCUT2D eigenvalue weighted by atomic mass is 10.0. The van der Waals surface area contributed by atoms with Crippen LogP contribution >= 0.6 is 12.4 Å². The van der Waals surface area contributed by atoms with Crippen molar-refractivity contribution < 1.29 is 13.9 Å². The Morgan fingerprint density at radius 1 is 1.67 bits per heavy atom. The highest BCUT2D eigenvalue weighted by atomic mass is 35.5. The average Bonchev–Trinajstić information content (AvgIpc) is 2.56. The second-order valence-electron chi connectivity index (χ2n) is 3.40. The van der Waals surface area contributed by atoms with Crippen molar-refractivity contribution in [3.05, 3.63) is 23.2 Å². The summed E-state index contributed by atoms with van der Waals surface area (Å²) in [7, 11) is 1.39. The third kappa shape index (κ3) is 2.16. The molecule has 2 rings (SSSR count). The minimum Gasteiger partial charge on any atom is -0.468 e. The number of esters is 1. The molecule has 1 aliphatic rings. The second kappa shape index (κ2) is 4.68. The molecule has 4 nitrogen and oxygen atoms in total. The van der Waals surface area contributed by atoms with Crippen LogP contribution in [0.25, 0.3) is 0 Å². The van der Waals surface area contributed by atoms with Gasteiger partial charge in [0.1, 0.15) is 17.6 Å². The van der Waals surface area contributed by atoms with E-state index in [-0.39, 0.29) is 24.4 Å². The number of furan rings is 1. The number of rotatable bonds is 1. The fourth-order valence-electron chi connectivity index (χ4n) is 1.79. The first kappa shape index (κ1) is 12.1. The van der Waals surface area contributed by atoms with Crippen molar-refractivity contribution in [3.8, 4) is 0 Å². The summed E-state index contributed by atoms with van der Waals surface area (Å²) >= 11 is 0. The molecule has 0 amide bonds. The average molecular weight is 232 g/mol. The Hall–Kier alpha value is -1.00. The molecule has 0 aromatic carbocycles. The number of fused-ring (bicyclic) bond motifs is 1. The van der Waals surface area contributed by atoms with Crippen LogP contribution in [0.5, 0.6) is 0 Å². The maximum Gasteiger partial charge on any atom is 0.327 e. The number of nitrogens with one attached hydrogen (secondary N) is 1. The summed E-state index contributed by atoms with van der Waals surface area (Å²) in [6.45, 7) is 2.63.